The fourth-order valence-electron chi connectivity index (χ4n) is 1.62. The largest absolute Gasteiger partial charge is 0.330 e. The number of aryl methyl sites for hydroxylation is 1. The van der Waals surface area contributed by atoms with Crippen molar-refractivity contribution in [2.45, 2.75) is 13.3 Å². The van der Waals surface area contributed by atoms with Gasteiger partial charge in [-0.15, -0.1) is 0 Å². The van der Waals surface area contributed by atoms with E-state index in [1.807, 2.05) is 25.1 Å². The molecule has 0 saturated heterocycles. The molecule has 0 spiro atoms. The third-order valence-electron chi connectivity index (χ3n) is 2.27. The molecule has 1 heterocycles. The van der Waals surface area contributed by atoms with Gasteiger partial charge in [-0.05, 0) is 25.6 Å². The van der Waals surface area contributed by atoms with Crippen LogP contribution in [0.3, 0.4) is 0 Å². The Morgan fingerprint density at radius 3 is 2.87 bits per heavy atom. The minimum absolute atomic E-state index is 0.582. The van der Waals surface area contributed by atoms with E-state index < -0.39 is 0 Å². The zero-order chi connectivity index (χ0) is 10.8. The first-order valence-corrected chi connectivity index (χ1v) is 5.63. The summed E-state index contributed by atoms with van der Waals surface area (Å²) in [6.07, 6.45) is 0.725. The Hall–Kier alpha value is -1.000. The van der Waals surface area contributed by atoms with Crippen LogP contribution < -0.4 is 5.73 Å². The third kappa shape index (κ3) is 2.01. The summed E-state index contributed by atoms with van der Waals surface area (Å²) in [6.45, 7) is 2.58. The van der Waals surface area contributed by atoms with Crippen LogP contribution in [0, 0.1) is 6.92 Å². The second-order valence-electron chi connectivity index (χ2n) is 3.40. The van der Waals surface area contributed by atoms with Crippen LogP contribution in [0.25, 0.3) is 10.9 Å². The van der Waals surface area contributed by atoms with Crippen LogP contribution >= 0.6 is 15.9 Å². The lowest BCUT2D eigenvalue weighted by Gasteiger charge is -2.06. The van der Waals surface area contributed by atoms with E-state index in [4.69, 9.17) is 5.73 Å². The monoisotopic (exact) mass is 265 g/mol. The Kier molecular flexibility index (Phi) is 2.98. The van der Waals surface area contributed by atoms with Gasteiger partial charge in [0.2, 0.25) is 0 Å². The standard InChI is InChI=1S/C11H12BrN3/c1-7-11-8(12)3-2-4-9(11)15-10(14-7)5-6-13/h2-4H,5-6,13H2,1H3. The van der Waals surface area contributed by atoms with Gasteiger partial charge in [0.05, 0.1) is 5.52 Å². The summed E-state index contributed by atoms with van der Waals surface area (Å²) in [5.74, 6) is 0.820. The van der Waals surface area contributed by atoms with Crippen LogP contribution in [0.4, 0.5) is 0 Å². The van der Waals surface area contributed by atoms with Crippen LogP contribution in [0.2, 0.25) is 0 Å². The third-order valence-corrected chi connectivity index (χ3v) is 2.93. The van der Waals surface area contributed by atoms with Crippen molar-refractivity contribution in [1.82, 2.24) is 9.97 Å². The Morgan fingerprint density at radius 2 is 2.13 bits per heavy atom. The highest BCUT2D eigenvalue weighted by molar-refractivity contribution is 9.10. The second-order valence-corrected chi connectivity index (χ2v) is 4.25. The highest BCUT2D eigenvalue weighted by Gasteiger charge is 2.06. The summed E-state index contributed by atoms with van der Waals surface area (Å²) in [7, 11) is 0. The molecule has 1 aromatic heterocycles. The van der Waals surface area contributed by atoms with Crippen molar-refractivity contribution >= 4 is 26.8 Å². The van der Waals surface area contributed by atoms with Gasteiger partial charge in [0.1, 0.15) is 5.82 Å². The number of aromatic nitrogens is 2. The quantitative estimate of drug-likeness (QED) is 0.906. The maximum atomic E-state index is 5.50. The molecule has 1 aromatic carbocycles. The van der Waals surface area contributed by atoms with E-state index >= 15 is 0 Å². The summed E-state index contributed by atoms with van der Waals surface area (Å²) < 4.78 is 1.04. The van der Waals surface area contributed by atoms with Gasteiger partial charge in [-0.25, -0.2) is 9.97 Å². The van der Waals surface area contributed by atoms with Gasteiger partial charge in [-0.3, -0.25) is 0 Å². The van der Waals surface area contributed by atoms with Gasteiger partial charge < -0.3 is 5.73 Å². The van der Waals surface area contributed by atoms with Crippen molar-refractivity contribution in [3.05, 3.63) is 34.2 Å². The van der Waals surface area contributed by atoms with E-state index in [2.05, 4.69) is 25.9 Å². The molecule has 0 aliphatic rings. The van der Waals surface area contributed by atoms with Gasteiger partial charge in [0, 0.05) is 22.0 Å². The molecule has 15 heavy (non-hydrogen) atoms. The minimum atomic E-state index is 0.582. The van der Waals surface area contributed by atoms with Crippen molar-refractivity contribution in [3.8, 4) is 0 Å². The van der Waals surface area contributed by atoms with Crippen molar-refractivity contribution < 1.29 is 0 Å². The molecule has 0 radical (unpaired) electrons. The van der Waals surface area contributed by atoms with E-state index in [1.165, 1.54) is 0 Å². The van der Waals surface area contributed by atoms with Crippen LogP contribution in [-0.2, 0) is 6.42 Å². The molecule has 3 nitrogen and oxygen atoms in total. The molecule has 0 bridgehead atoms. The molecular formula is C11H12BrN3. The van der Waals surface area contributed by atoms with E-state index in [0.717, 1.165) is 33.3 Å². The van der Waals surface area contributed by atoms with Crippen molar-refractivity contribution in [1.29, 1.82) is 0 Å². The zero-order valence-electron chi connectivity index (χ0n) is 8.50. The fraction of sp³-hybridized carbons (Fsp3) is 0.273. The molecule has 0 aliphatic heterocycles. The molecule has 0 atom stereocenters. The summed E-state index contributed by atoms with van der Waals surface area (Å²) in [5.41, 5.74) is 7.46. The van der Waals surface area contributed by atoms with Gasteiger partial charge in [0.15, 0.2) is 0 Å². The first kappa shape index (κ1) is 10.5. The predicted octanol–water partition coefficient (Wildman–Crippen LogP) is 2.20. The van der Waals surface area contributed by atoms with Gasteiger partial charge in [-0.1, -0.05) is 22.0 Å². The molecule has 0 saturated carbocycles. The lowest BCUT2D eigenvalue weighted by atomic mass is 10.2. The smallest absolute Gasteiger partial charge is 0.130 e. The second kappa shape index (κ2) is 4.24. The zero-order valence-corrected chi connectivity index (χ0v) is 10.1. The normalized spacial score (nSPS) is 10.9. The Morgan fingerprint density at radius 1 is 1.33 bits per heavy atom. The van der Waals surface area contributed by atoms with E-state index in [1.54, 1.807) is 0 Å². The summed E-state index contributed by atoms with van der Waals surface area (Å²) in [4.78, 5) is 8.90. The topological polar surface area (TPSA) is 51.8 Å². The molecule has 2 rings (SSSR count). The molecule has 0 aliphatic carbocycles. The van der Waals surface area contributed by atoms with Gasteiger partial charge in [-0.2, -0.15) is 0 Å². The Bertz CT molecular complexity index is 496. The Labute approximate surface area is 96.9 Å². The average Bonchev–Trinajstić information content (AvgIpc) is 2.17. The SMILES string of the molecule is Cc1nc(CCN)nc2cccc(Br)c12. The average molecular weight is 266 g/mol. The maximum Gasteiger partial charge on any atom is 0.130 e. The van der Waals surface area contributed by atoms with Crippen molar-refractivity contribution in [3.63, 3.8) is 0 Å². The van der Waals surface area contributed by atoms with Crippen molar-refractivity contribution in [2.24, 2.45) is 5.73 Å². The first-order valence-electron chi connectivity index (χ1n) is 4.84. The number of nitrogens with zero attached hydrogens (tertiary/aromatic N) is 2. The number of nitrogens with two attached hydrogens (primary N) is 1. The predicted molar refractivity (Wildman–Crippen MR) is 64.7 cm³/mol. The molecule has 2 aromatic rings. The molecule has 0 amide bonds. The summed E-state index contributed by atoms with van der Waals surface area (Å²) >= 11 is 3.51. The number of hydrogen-bond donors (Lipinski definition) is 1. The molecule has 2 N–H and O–H groups in total. The number of hydrogen-bond acceptors (Lipinski definition) is 3. The van der Waals surface area contributed by atoms with Crippen LogP contribution in [0.5, 0.6) is 0 Å². The fourth-order valence-corrected chi connectivity index (χ4v) is 2.26. The maximum absolute atomic E-state index is 5.50. The number of benzene rings is 1. The van der Waals surface area contributed by atoms with Crippen LogP contribution in [0.1, 0.15) is 11.5 Å². The molecule has 0 fully saturated rings. The molecular weight excluding hydrogens is 254 g/mol. The van der Waals surface area contributed by atoms with E-state index in [9.17, 15) is 0 Å². The summed E-state index contributed by atoms with van der Waals surface area (Å²) in [5, 5.41) is 1.08. The van der Waals surface area contributed by atoms with E-state index in [-0.39, 0.29) is 0 Å². The van der Waals surface area contributed by atoms with Crippen LogP contribution in [0.15, 0.2) is 22.7 Å². The van der Waals surface area contributed by atoms with Gasteiger partial charge in [0.25, 0.3) is 0 Å². The number of fused-ring (bicyclic) bond motifs is 1. The highest BCUT2D eigenvalue weighted by Crippen LogP contribution is 2.24. The highest BCUT2D eigenvalue weighted by atomic mass is 79.9. The lowest BCUT2D eigenvalue weighted by molar-refractivity contribution is 0.869. The molecule has 78 valence electrons. The number of halogens is 1. The van der Waals surface area contributed by atoms with E-state index in [0.29, 0.717) is 6.54 Å². The minimum Gasteiger partial charge on any atom is -0.330 e. The molecule has 4 heteroatoms. The van der Waals surface area contributed by atoms with Crippen LogP contribution in [-0.4, -0.2) is 16.5 Å². The van der Waals surface area contributed by atoms with Crippen molar-refractivity contribution in [2.75, 3.05) is 6.54 Å². The number of rotatable bonds is 2. The Balaban J connectivity index is 2.67. The molecule has 0 unspecified atom stereocenters. The first-order chi connectivity index (χ1) is 7.22. The lowest BCUT2D eigenvalue weighted by Crippen LogP contribution is -2.07. The summed E-state index contributed by atoms with van der Waals surface area (Å²) in [6, 6.07) is 5.97. The van der Waals surface area contributed by atoms with Gasteiger partial charge >= 0.3 is 0 Å².